The molecular weight excluding hydrogens is 291 g/mol. The van der Waals surface area contributed by atoms with Crippen LogP contribution >= 0.6 is 23.2 Å². The van der Waals surface area contributed by atoms with Crippen LogP contribution in [0.2, 0.25) is 10.0 Å². The molecule has 0 aromatic heterocycles. The van der Waals surface area contributed by atoms with Gasteiger partial charge in [0.1, 0.15) is 5.75 Å². The Morgan fingerprint density at radius 3 is 2.79 bits per heavy atom. The van der Waals surface area contributed by atoms with Crippen molar-refractivity contribution in [1.82, 2.24) is 10.2 Å². The normalized spacial score (nSPS) is 10.1. The van der Waals surface area contributed by atoms with E-state index < -0.39 is 0 Å². The summed E-state index contributed by atoms with van der Waals surface area (Å²) in [4.78, 5) is 13.1. The first-order chi connectivity index (χ1) is 9.08. The number of aliphatic hydroxyl groups excluding tert-OH is 1. The molecule has 0 heterocycles. The number of rotatable bonds is 6. The van der Waals surface area contributed by atoms with Gasteiger partial charge in [0.15, 0.2) is 6.73 Å². The minimum Gasteiger partial charge on any atom is -0.472 e. The Kier molecular flexibility index (Phi) is 6.77. The number of urea groups is 1. The second-order valence-electron chi connectivity index (χ2n) is 3.65. The molecule has 1 aromatic rings. The highest BCUT2D eigenvalue weighted by Gasteiger charge is 2.10. The first kappa shape index (κ1) is 15.9. The number of halogens is 2. The molecule has 0 atom stereocenters. The third-order valence-corrected chi connectivity index (χ3v) is 2.91. The summed E-state index contributed by atoms with van der Waals surface area (Å²) in [5, 5.41) is 12.3. The molecule has 7 heteroatoms. The Hall–Kier alpha value is -1.17. The van der Waals surface area contributed by atoms with Gasteiger partial charge in [0, 0.05) is 18.1 Å². The van der Waals surface area contributed by atoms with Crippen LogP contribution in [-0.4, -0.2) is 42.5 Å². The lowest BCUT2D eigenvalue weighted by Gasteiger charge is -2.20. The molecule has 19 heavy (non-hydrogen) atoms. The predicted octanol–water partition coefficient (Wildman–Crippen LogP) is 2.35. The molecule has 0 spiro atoms. The molecule has 2 N–H and O–H groups in total. The number of benzene rings is 1. The van der Waals surface area contributed by atoms with Crippen LogP contribution in [0.5, 0.6) is 5.75 Å². The van der Waals surface area contributed by atoms with Crippen molar-refractivity contribution >= 4 is 29.2 Å². The van der Waals surface area contributed by atoms with Crippen molar-refractivity contribution in [1.29, 1.82) is 0 Å². The number of nitrogens with zero attached hydrogens (tertiary/aromatic N) is 1. The molecule has 0 aliphatic heterocycles. The highest BCUT2D eigenvalue weighted by molar-refractivity contribution is 6.35. The molecule has 0 aliphatic rings. The van der Waals surface area contributed by atoms with E-state index in [0.29, 0.717) is 22.3 Å². The average Bonchev–Trinajstić information content (AvgIpc) is 2.38. The van der Waals surface area contributed by atoms with Crippen LogP contribution in [-0.2, 0) is 0 Å². The third kappa shape index (κ3) is 5.14. The van der Waals surface area contributed by atoms with Gasteiger partial charge in [0.2, 0.25) is 0 Å². The first-order valence-corrected chi connectivity index (χ1v) is 6.55. The summed E-state index contributed by atoms with van der Waals surface area (Å²) in [5.74, 6) is 0.441. The summed E-state index contributed by atoms with van der Waals surface area (Å²) >= 11 is 11.7. The van der Waals surface area contributed by atoms with Crippen LogP contribution in [0.1, 0.15) is 6.92 Å². The molecule has 0 bridgehead atoms. The molecule has 0 aliphatic carbocycles. The topological polar surface area (TPSA) is 61.8 Å². The maximum atomic E-state index is 11.7. The molecule has 0 unspecified atom stereocenters. The largest absolute Gasteiger partial charge is 0.472 e. The van der Waals surface area contributed by atoms with Gasteiger partial charge in [-0.2, -0.15) is 0 Å². The first-order valence-electron chi connectivity index (χ1n) is 5.80. The summed E-state index contributed by atoms with van der Waals surface area (Å²) in [5.41, 5.74) is 0. The zero-order valence-electron chi connectivity index (χ0n) is 10.5. The minimum absolute atomic E-state index is 0.0118. The van der Waals surface area contributed by atoms with Crippen LogP contribution < -0.4 is 10.1 Å². The second-order valence-corrected chi connectivity index (χ2v) is 4.49. The van der Waals surface area contributed by atoms with E-state index in [4.69, 9.17) is 33.0 Å². The molecule has 1 aromatic carbocycles. The molecule has 0 saturated heterocycles. The summed E-state index contributed by atoms with van der Waals surface area (Å²) in [7, 11) is 0. The summed E-state index contributed by atoms with van der Waals surface area (Å²) in [6, 6.07) is 4.53. The van der Waals surface area contributed by atoms with Crippen molar-refractivity contribution in [3.05, 3.63) is 28.2 Å². The van der Waals surface area contributed by atoms with E-state index in [2.05, 4.69) is 5.32 Å². The lowest BCUT2D eigenvalue weighted by atomic mass is 10.3. The van der Waals surface area contributed by atoms with Crippen LogP contribution in [0.4, 0.5) is 4.79 Å². The van der Waals surface area contributed by atoms with Crippen molar-refractivity contribution in [3.63, 3.8) is 0 Å². The molecule has 1 rings (SSSR count). The Morgan fingerprint density at radius 1 is 1.47 bits per heavy atom. The minimum atomic E-state index is -0.304. The van der Waals surface area contributed by atoms with Crippen LogP contribution in [0.25, 0.3) is 0 Å². The maximum Gasteiger partial charge on any atom is 0.320 e. The van der Waals surface area contributed by atoms with Gasteiger partial charge in [-0.25, -0.2) is 4.79 Å². The quantitative estimate of drug-likeness (QED) is 0.793. The monoisotopic (exact) mass is 306 g/mol. The highest BCUT2D eigenvalue weighted by Crippen LogP contribution is 2.27. The van der Waals surface area contributed by atoms with Crippen molar-refractivity contribution in [2.45, 2.75) is 6.92 Å². The zero-order valence-corrected chi connectivity index (χ0v) is 12.0. The predicted molar refractivity (Wildman–Crippen MR) is 74.8 cm³/mol. The van der Waals surface area contributed by atoms with Crippen LogP contribution in [0.3, 0.4) is 0 Å². The Labute approximate surface area is 122 Å². The van der Waals surface area contributed by atoms with Gasteiger partial charge < -0.3 is 20.1 Å². The number of nitrogens with one attached hydrogen (secondary N) is 1. The zero-order chi connectivity index (χ0) is 14.3. The molecule has 0 saturated carbocycles. The number of hydrogen-bond acceptors (Lipinski definition) is 3. The molecule has 2 amide bonds. The van der Waals surface area contributed by atoms with Crippen molar-refractivity contribution in [2.75, 3.05) is 26.4 Å². The van der Waals surface area contributed by atoms with Gasteiger partial charge >= 0.3 is 6.03 Å². The number of likely N-dealkylation sites (N-methyl/N-ethyl adjacent to an activating group) is 1. The van der Waals surface area contributed by atoms with Crippen LogP contribution in [0.15, 0.2) is 18.2 Å². The summed E-state index contributed by atoms with van der Waals surface area (Å²) < 4.78 is 5.32. The number of carbonyl (C=O) groups excluding carboxylic acids is 1. The van der Waals surface area contributed by atoms with Gasteiger partial charge in [-0.1, -0.05) is 23.2 Å². The molecular formula is C12H16Cl2N2O3. The standard InChI is InChI=1S/C12H16Cl2N2O3/c1-2-16(5-6-17)12(18)15-8-19-11-4-3-9(13)7-10(11)14/h3-4,7,17H,2,5-6,8H2,1H3,(H,15,18). The van der Waals surface area contributed by atoms with Gasteiger partial charge in [-0.3, -0.25) is 0 Å². The molecule has 0 radical (unpaired) electrons. The van der Waals surface area contributed by atoms with Crippen molar-refractivity contribution in [3.8, 4) is 5.75 Å². The van der Waals surface area contributed by atoms with Crippen molar-refractivity contribution in [2.24, 2.45) is 0 Å². The van der Waals surface area contributed by atoms with E-state index in [1.165, 1.54) is 4.90 Å². The summed E-state index contributed by atoms with van der Waals surface area (Å²) in [6.07, 6.45) is 0. The Balaban J connectivity index is 2.43. The smallest absolute Gasteiger partial charge is 0.320 e. The molecule has 0 fully saturated rings. The van der Waals surface area contributed by atoms with E-state index in [1.807, 2.05) is 6.92 Å². The van der Waals surface area contributed by atoms with Gasteiger partial charge in [-0.05, 0) is 25.1 Å². The molecule has 5 nitrogen and oxygen atoms in total. The van der Waals surface area contributed by atoms with E-state index >= 15 is 0 Å². The van der Waals surface area contributed by atoms with Gasteiger partial charge in [0.05, 0.1) is 11.6 Å². The lowest BCUT2D eigenvalue weighted by molar-refractivity contribution is 0.170. The number of amides is 2. The fourth-order valence-electron chi connectivity index (χ4n) is 1.40. The second kappa shape index (κ2) is 8.09. The van der Waals surface area contributed by atoms with Crippen LogP contribution in [0, 0.1) is 0 Å². The van der Waals surface area contributed by atoms with E-state index in [9.17, 15) is 4.79 Å². The van der Waals surface area contributed by atoms with E-state index in [0.717, 1.165) is 0 Å². The third-order valence-electron chi connectivity index (χ3n) is 2.38. The number of hydrogen-bond donors (Lipinski definition) is 2. The fraction of sp³-hybridized carbons (Fsp3) is 0.417. The van der Waals surface area contributed by atoms with Crippen molar-refractivity contribution < 1.29 is 14.6 Å². The van der Waals surface area contributed by atoms with Gasteiger partial charge in [-0.15, -0.1) is 0 Å². The van der Waals surface area contributed by atoms with E-state index in [1.54, 1.807) is 18.2 Å². The number of aliphatic hydroxyl groups is 1. The Bertz CT molecular complexity index is 429. The fourth-order valence-corrected chi connectivity index (χ4v) is 1.87. The van der Waals surface area contributed by atoms with Gasteiger partial charge in [0.25, 0.3) is 0 Å². The SMILES string of the molecule is CCN(CCO)C(=O)NCOc1ccc(Cl)cc1Cl. The molecule has 106 valence electrons. The average molecular weight is 307 g/mol. The maximum absolute atomic E-state index is 11.7. The van der Waals surface area contributed by atoms with E-state index in [-0.39, 0.29) is 25.9 Å². The summed E-state index contributed by atoms with van der Waals surface area (Å²) in [6.45, 7) is 2.53. The Morgan fingerprint density at radius 2 is 2.21 bits per heavy atom. The lowest BCUT2D eigenvalue weighted by Crippen LogP contribution is -2.42. The number of ether oxygens (including phenoxy) is 1. The number of carbonyl (C=O) groups is 1. The highest BCUT2D eigenvalue weighted by atomic mass is 35.5.